The first-order valence-electron chi connectivity index (χ1n) is 5.21. The highest BCUT2D eigenvalue weighted by molar-refractivity contribution is 6.29. The van der Waals surface area contributed by atoms with Crippen LogP contribution in [0.5, 0.6) is 0 Å². The average Bonchev–Trinajstić information content (AvgIpc) is 2.20. The van der Waals surface area contributed by atoms with Crippen molar-refractivity contribution in [3.8, 4) is 0 Å². The Morgan fingerprint density at radius 1 is 1.25 bits per heavy atom. The van der Waals surface area contributed by atoms with Gasteiger partial charge >= 0.3 is 0 Å². The number of nitrogens with zero attached hydrogens (tertiary/aromatic N) is 1. The maximum atomic E-state index is 9.17. The number of anilines is 1. The monoisotopic (exact) mass is 244 g/mol. The summed E-state index contributed by atoms with van der Waals surface area (Å²) in [7, 11) is 0. The standard InChI is InChI=1S/C11H17ClN2O2/c1-6(2)7(3)13-8-4-5-9(12)14-10(8)11(15)16/h4-7,11,13,15-16H,1-3H3/t7-/m1/s1. The van der Waals surface area contributed by atoms with E-state index in [1.807, 2.05) is 6.92 Å². The molecule has 1 atom stereocenters. The van der Waals surface area contributed by atoms with Gasteiger partial charge in [-0.15, -0.1) is 0 Å². The van der Waals surface area contributed by atoms with Crippen LogP contribution in [0.2, 0.25) is 5.15 Å². The number of rotatable bonds is 4. The first-order valence-corrected chi connectivity index (χ1v) is 5.58. The van der Waals surface area contributed by atoms with Crippen molar-refractivity contribution in [2.24, 2.45) is 5.92 Å². The van der Waals surface area contributed by atoms with Crippen LogP contribution in [0.3, 0.4) is 0 Å². The quantitative estimate of drug-likeness (QED) is 0.561. The lowest BCUT2D eigenvalue weighted by molar-refractivity contribution is -0.0452. The van der Waals surface area contributed by atoms with Gasteiger partial charge in [0.25, 0.3) is 0 Å². The number of aliphatic hydroxyl groups excluding tert-OH is 1. The van der Waals surface area contributed by atoms with Gasteiger partial charge in [-0.05, 0) is 25.0 Å². The molecular formula is C11H17ClN2O2. The summed E-state index contributed by atoms with van der Waals surface area (Å²) >= 11 is 5.70. The van der Waals surface area contributed by atoms with Crippen molar-refractivity contribution in [1.29, 1.82) is 0 Å². The third-order valence-corrected chi connectivity index (χ3v) is 2.73. The molecule has 0 aliphatic carbocycles. The number of halogens is 1. The summed E-state index contributed by atoms with van der Waals surface area (Å²) in [5.74, 6) is 0.430. The van der Waals surface area contributed by atoms with Gasteiger partial charge in [-0.2, -0.15) is 0 Å². The van der Waals surface area contributed by atoms with Gasteiger partial charge < -0.3 is 15.5 Å². The Bertz CT molecular complexity index is 356. The zero-order chi connectivity index (χ0) is 12.3. The van der Waals surface area contributed by atoms with Crippen LogP contribution in [-0.4, -0.2) is 21.2 Å². The topological polar surface area (TPSA) is 65.4 Å². The lowest BCUT2D eigenvalue weighted by Crippen LogP contribution is -2.23. The van der Waals surface area contributed by atoms with Gasteiger partial charge in [0.2, 0.25) is 0 Å². The molecule has 0 radical (unpaired) electrons. The van der Waals surface area contributed by atoms with Gasteiger partial charge in [-0.1, -0.05) is 25.4 Å². The molecule has 0 bridgehead atoms. The maximum Gasteiger partial charge on any atom is 0.198 e. The molecule has 0 spiro atoms. The summed E-state index contributed by atoms with van der Waals surface area (Å²) in [5, 5.41) is 21.8. The third-order valence-electron chi connectivity index (χ3n) is 2.52. The van der Waals surface area contributed by atoms with Crippen molar-refractivity contribution in [2.45, 2.75) is 33.1 Å². The molecule has 1 rings (SSSR count). The Hall–Kier alpha value is -0.840. The van der Waals surface area contributed by atoms with E-state index in [1.165, 1.54) is 0 Å². The van der Waals surface area contributed by atoms with Crippen LogP contribution in [0.25, 0.3) is 0 Å². The molecule has 0 aromatic carbocycles. The van der Waals surface area contributed by atoms with E-state index in [9.17, 15) is 10.2 Å². The smallest absolute Gasteiger partial charge is 0.198 e. The highest BCUT2D eigenvalue weighted by atomic mass is 35.5. The molecule has 5 heteroatoms. The fourth-order valence-electron chi connectivity index (χ4n) is 1.18. The fourth-order valence-corrected chi connectivity index (χ4v) is 1.33. The Kier molecular flexibility index (Phi) is 4.53. The van der Waals surface area contributed by atoms with Crippen LogP contribution >= 0.6 is 11.6 Å². The lowest BCUT2D eigenvalue weighted by atomic mass is 10.1. The van der Waals surface area contributed by atoms with Crippen molar-refractivity contribution in [2.75, 3.05) is 5.32 Å². The summed E-state index contributed by atoms with van der Waals surface area (Å²) < 4.78 is 0. The van der Waals surface area contributed by atoms with Crippen molar-refractivity contribution in [3.05, 3.63) is 23.0 Å². The predicted molar refractivity (Wildman–Crippen MR) is 64.3 cm³/mol. The minimum absolute atomic E-state index is 0.153. The molecule has 0 saturated carbocycles. The molecule has 0 aliphatic rings. The van der Waals surface area contributed by atoms with Crippen LogP contribution in [0, 0.1) is 5.92 Å². The van der Waals surface area contributed by atoms with Crippen LogP contribution in [-0.2, 0) is 0 Å². The predicted octanol–water partition coefficient (Wildman–Crippen LogP) is 2.17. The normalized spacial score (nSPS) is 13.2. The van der Waals surface area contributed by atoms with Gasteiger partial charge in [0.05, 0.1) is 5.69 Å². The van der Waals surface area contributed by atoms with E-state index in [0.29, 0.717) is 11.6 Å². The van der Waals surface area contributed by atoms with Crippen molar-refractivity contribution in [3.63, 3.8) is 0 Å². The Balaban J connectivity index is 2.95. The molecule has 0 unspecified atom stereocenters. The van der Waals surface area contributed by atoms with Gasteiger partial charge in [-0.3, -0.25) is 0 Å². The molecule has 0 amide bonds. The minimum Gasteiger partial charge on any atom is -0.381 e. The number of hydrogen-bond acceptors (Lipinski definition) is 4. The Morgan fingerprint density at radius 3 is 2.38 bits per heavy atom. The molecule has 1 aromatic heterocycles. The highest BCUT2D eigenvalue weighted by Gasteiger charge is 2.15. The SMILES string of the molecule is CC(C)[C@@H](C)Nc1ccc(Cl)nc1C(O)O. The zero-order valence-corrected chi connectivity index (χ0v) is 10.4. The molecule has 16 heavy (non-hydrogen) atoms. The highest BCUT2D eigenvalue weighted by Crippen LogP contribution is 2.23. The average molecular weight is 245 g/mol. The number of aliphatic hydroxyl groups is 2. The zero-order valence-electron chi connectivity index (χ0n) is 9.61. The summed E-state index contributed by atoms with van der Waals surface area (Å²) in [4.78, 5) is 3.89. The summed E-state index contributed by atoms with van der Waals surface area (Å²) in [6.07, 6.45) is -1.62. The summed E-state index contributed by atoms with van der Waals surface area (Å²) in [6.45, 7) is 6.18. The number of nitrogens with one attached hydrogen (secondary N) is 1. The van der Waals surface area contributed by atoms with Crippen LogP contribution < -0.4 is 5.32 Å². The van der Waals surface area contributed by atoms with Crippen LogP contribution in [0.1, 0.15) is 32.8 Å². The number of pyridine rings is 1. The molecule has 0 aliphatic heterocycles. The van der Waals surface area contributed by atoms with E-state index >= 15 is 0 Å². The van der Waals surface area contributed by atoms with Crippen molar-refractivity contribution in [1.82, 2.24) is 4.98 Å². The Labute approximate surface area is 100 Å². The largest absolute Gasteiger partial charge is 0.381 e. The Morgan fingerprint density at radius 2 is 1.88 bits per heavy atom. The summed E-state index contributed by atoms with van der Waals surface area (Å²) in [6, 6.07) is 3.52. The molecule has 1 aromatic rings. The van der Waals surface area contributed by atoms with E-state index in [2.05, 4.69) is 24.1 Å². The fraction of sp³-hybridized carbons (Fsp3) is 0.545. The van der Waals surface area contributed by atoms with Crippen molar-refractivity contribution < 1.29 is 10.2 Å². The van der Waals surface area contributed by atoms with Gasteiger partial charge in [0.15, 0.2) is 6.29 Å². The maximum absolute atomic E-state index is 9.17. The van der Waals surface area contributed by atoms with E-state index in [-0.39, 0.29) is 16.9 Å². The number of aromatic nitrogens is 1. The summed E-state index contributed by atoms with van der Waals surface area (Å²) in [5.41, 5.74) is 0.751. The number of hydrogen-bond donors (Lipinski definition) is 3. The lowest BCUT2D eigenvalue weighted by Gasteiger charge is -2.21. The molecule has 0 saturated heterocycles. The second-order valence-corrected chi connectivity index (χ2v) is 4.50. The second-order valence-electron chi connectivity index (χ2n) is 4.12. The van der Waals surface area contributed by atoms with E-state index in [4.69, 9.17) is 11.6 Å². The molecule has 90 valence electrons. The first-order chi connectivity index (χ1) is 7.41. The van der Waals surface area contributed by atoms with Gasteiger partial charge in [0.1, 0.15) is 10.8 Å². The molecular weight excluding hydrogens is 228 g/mol. The molecule has 3 N–H and O–H groups in total. The first kappa shape index (κ1) is 13.2. The van der Waals surface area contributed by atoms with E-state index in [1.54, 1.807) is 12.1 Å². The van der Waals surface area contributed by atoms with Crippen molar-refractivity contribution >= 4 is 17.3 Å². The second kappa shape index (κ2) is 5.48. The molecule has 0 fully saturated rings. The molecule has 1 heterocycles. The molecule has 4 nitrogen and oxygen atoms in total. The van der Waals surface area contributed by atoms with Crippen LogP contribution in [0.4, 0.5) is 5.69 Å². The van der Waals surface area contributed by atoms with Gasteiger partial charge in [0, 0.05) is 6.04 Å². The van der Waals surface area contributed by atoms with Gasteiger partial charge in [-0.25, -0.2) is 4.98 Å². The van der Waals surface area contributed by atoms with Crippen LogP contribution in [0.15, 0.2) is 12.1 Å². The third kappa shape index (κ3) is 3.33. The minimum atomic E-state index is -1.62. The van der Waals surface area contributed by atoms with E-state index in [0.717, 1.165) is 0 Å². The van der Waals surface area contributed by atoms with E-state index < -0.39 is 6.29 Å².